The number of nitrogens with zero attached hydrogens (tertiary/aromatic N) is 1. The van der Waals surface area contributed by atoms with Crippen molar-refractivity contribution >= 4 is 45.0 Å². The number of amides is 2. The summed E-state index contributed by atoms with van der Waals surface area (Å²) in [6.45, 7) is 4.00. The molecule has 1 aromatic rings. The van der Waals surface area contributed by atoms with Gasteiger partial charge in [-0.25, -0.2) is 0 Å². The first kappa shape index (κ1) is 15.3. The third kappa shape index (κ3) is 2.99. The summed E-state index contributed by atoms with van der Waals surface area (Å²) in [7, 11) is 0. The monoisotopic (exact) mass is 358 g/mol. The molecule has 1 aromatic carbocycles. The zero-order chi connectivity index (χ0) is 14.9. The molecule has 1 aliphatic rings. The van der Waals surface area contributed by atoms with Crippen LogP contribution < -0.4 is 10.2 Å². The van der Waals surface area contributed by atoms with E-state index in [-0.39, 0.29) is 24.3 Å². The van der Waals surface area contributed by atoms with E-state index in [9.17, 15) is 9.59 Å². The van der Waals surface area contributed by atoms with E-state index in [4.69, 9.17) is 11.6 Å². The highest BCUT2D eigenvalue weighted by molar-refractivity contribution is 9.10. The molecule has 0 aromatic heterocycles. The van der Waals surface area contributed by atoms with E-state index >= 15 is 0 Å². The van der Waals surface area contributed by atoms with Crippen LogP contribution in [0.25, 0.3) is 0 Å². The normalized spacial score (nSPS) is 20.8. The standard InChI is InChI=1S/C14H16BrClN2O2/c1-3-8(2)13-14(20)18(7-12(19)17-13)11-5-4-9(16)6-10(11)15/h4-6,8,13H,3,7H2,1-2H3,(H,17,19). The Bertz CT molecular complexity index is 550. The maximum Gasteiger partial charge on any atom is 0.250 e. The van der Waals surface area contributed by atoms with E-state index < -0.39 is 6.04 Å². The smallest absolute Gasteiger partial charge is 0.250 e. The fraction of sp³-hybridized carbons (Fsp3) is 0.429. The maximum absolute atomic E-state index is 12.6. The van der Waals surface area contributed by atoms with Crippen LogP contribution in [0.4, 0.5) is 5.69 Å². The number of carbonyl (C=O) groups excluding carboxylic acids is 2. The minimum Gasteiger partial charge on any atom is -0.342 e. The molecule has 1 heterocycles. The second kappa shape index (κ2) is 6.14. The van der Waals surface area contributed by atoms with Crippen LogP contribution in [0.3, 0.4) is 0 Å². The summed E-state index contributed by atoms with van der Waals surface area (Å²) in [5.41, 5.74) is 0.669. The topological polar surface area (TPSA) is 49.4 Å². The predicted molar refractivity (Wildman–Crippen MR) is 82.9 cm³/mol. The molecule has 20 heavy (non-hydrogen) atoms. The van der Waals surface area contributed by atoms with Gasteiger partial charge >= 0.3 is 0 Å². The molecule has 0 saturated carbocycles. The zero-order valence-corrected chi connectivity index (χ0v) is 13.7. The SMILES string of the molecule is CCC(C)C1NC(=O)CN(c2ccc(Cl)cc2Br)C1=O. The Labute approximate surface area is 131 Å². The summed E-state index contributed by atoms with van der Waals surface area (Å²) in [5.74, 6) is -0.126. The van der Waals surface area contributed by atoms with Crippen molar-refractivity contribution in [1.82, 2.24) is 5.32 Å². The Morgan fingerprint density at radius 1 is 1.50 bits per heavy atom. The highest BCUT2D eigenvalue weighted by Crippen LogP contribution is 2.31. The van der Waals surface area contributed by atoms with E-state index in [0.29, 0.717) is 15.2 Å². The van der Waals surface area contributed by atoms with Crippen molar-refractivity contribution in [1.29, 1.82) is 0 Å². The minimum atomic E-state index is -0.469. The van der Waals surface area contributed by atoms with Crippen LogP contribution in [0.1, 0.15) is 20.3 Å². The van der Waals surface area contributed by atoms with Crippen molar-refractivity contribution in [2.45, 2.75) is 26.3 Å². The molecular formula is C14H16BrClN2O2. The molecule has 1 N–H and O–H groups in total. The molecule has 1 aliphatic heterocycles. The number of hydrogen-bond acceptors (Lipinski definition) is 2. The lowest BCUT2D eigenvalue weighted by atomic mass is 9.96. The van der Waals surface area contributed by atoms with Crippen molar-refractivity contribution in [3.63, 3.8) is 0 Å². The number of halogens is 2. The fourth-order valence-corrected chi connectivity index (χ4v) is 3.09. The van der Waals surface area contributed by atoms with Crippen LogP contribution >= 0.6 is 27.5 Å². The van der Waals surface area contributed by atoms with Crippen LogP contribution in [0.5, 0.6) is 0 Å². The summed E-state index contributed by atoms with van der Waals surface area (Å²) in [4.78, 5) is 25.9. The number of hydrogen-bond donors (Lipinski definition) is 1. The van der Waals surface area contributed by atoms with Gasteiger partial charge in [0, 0.05) is 9.50 Å². The molecule has 1 fully saturated rings. The van der Waals surface area contributed by atoms with Crippen molar-refractivity contribution in [3.05, 3.63) is 27.7 Å². The largest absolute Gasteiger partial charge is 0.342 e. The first-order chi connectivity index (χ1) is 9.43. The molecule has 2 atom stereocenters. The summed E-state index contributed by atoms with van der Waals surface area (Å²) in [5, 5.41) is 3.35. The molecule has 1 saturated heterocycles. The third-order valence-electron chi connectivity index (χ3n) is 3.56. The van der Waals surface area contributed by atoms with Gasteiger partial charge in [-0.15, -0.1) is 0 Å². The van der Waals surface area contributed by atoms with Crippen molar-refractivity contribution in [3.8, 4) is 0 Å². The predicted octanol–water partition coefficient (Wildman–Crippen LogP) is 2.98. The third-order valence-corrected chi connectivity index (χ3v) is 4.43. The molecule has 0 aliphatic carbocycles. The van der Waals surface area contributed by atoms with Gasteiger partial charge in [-0.2, -0.15) is 0 Å². The van der Waals surface area contributed by atoms with Crippen LogP contribution in [0.2, 0.25) is 5.02 Å². The number of anilines is 1. The lowest BCUT2D eigenvalue weighted by Gasteiger charge is -2.35. The van der Waals surface area contributed by atoms with Gasteiger partial charge in [0.1, 0.15) is 12.6 Å². The fourth-order valence-electron chi connectivity index (χ4n) is 2.20. The van der Waals surface area contributed by atoms with E-state index in [1.165, 1.54) is 4.90 Å². The van der Waals surface area contributed by atoms with Gasteiger partial charge in [0.15, 0.2) is 0 Å². The quantitative estimate of drug-likeness (QED) is 0.902. The second-order valence-electron chi connectivity index (χ2n) is 4.95. The lowest BCUT2D eigenvalue weighted by molar-refractivity contribution is -0.132. The molecule has 0 bridgehead atoms. The molecule has 2 rings (SSSR count). The molecule has 2 unspecified atom stereocenters. The van der Waals surface area contributed by atoms with Gasteiger partial charge in [0.2, 0.25) is 11.8 Å². The molecular weight excluding hydrogens is 344 g/mol. The summed E-state index contributed by atoms with van der Waals surface area (Å²) in [6.07, 6.45) is 0.826. The summed E-state index contributed by atoms with van der Waals surface area (Å²) < 4.78 is 0.705. The number of benzene rings is 1. The van der Waals surface area contributed by atoms with E-state index in [1.54, 1.807) is 18.2 Å². The van der Waals surface area contributed by atoms with Gasteiger partial charge < -0.3 is 10.2 Å². The molecule has 0 spiro atoms. The Morgan fingerprint density at radius 2 is 2.20 bits per heavy atom. The van der Waals surface area contributed by atoms with Gasteiger partial charge in [0.25, 0.3) is 0 Å². The molecule has 4 nitrogen and oxygen atoms in total. The number of rotatable bonds is 3. The van der Waals surface area contributed by atoms with E-state index in [2.05, 4.69) is 21.2 Å². The Hall–Kier alpha value is -1.07. The van der Waals surface area contributed by atoms with Crippen molar-refractivity contribution in [2.75, 3.05) is 11.4 Å². The summed E-state index contributed by atoms with van der Waals surface area (Å²) >= 11 is 9.30. The Balaban J connectivity index is 2.35. The molecule has 108 valence electrons. The lowest BCUT2D eigenvalue weighted by Crippen LogP contribution is -2.60. The van der Waals surface area contributed by atoms with Gasteiger partial charge in [-0.3, -0.25) is 9.59 Å². The highest BCUT2D eigenvalue weighted by Gasteiger charge is 2.36. The first-order valence-electron chi connectivity index (χ1n) is 6.49. The Kier molecular flexibility index (Phi) is 4.70. The number of piperazine rings is 1. The van der Waals surface area contributed by atoms with Crippen LogP contribution in [-0.2, 0) is 9.59 Å². The van der Waals surface area contributed by atoms with Crippen LogP contribution in [0, 0.1) is 5.92 Å². The van der Waals surface area contributed by atoms with Gasteiger partial charge in [-0.05, 0) is 40.0 Å². The zero-order valence-electron chi connectivity index (χ0n) is 11.3. The van der Waals surface area contributed by atoms with E-state index in [1.807, 2.05) is 13.8 Å². The van der Waals surface area contributed by atoms with Crippen LogP contribution in [-0.4, -0.2) is 24.4 Å². The second-order valence-corrected chi connectivity index (χ2v) is 6.24. The number of carbonyl (C=O) groups is 2. The van der Waals surface area contributed by atoms with Crippen LogP contribution in [0.15, 0.2) is 22.7 Å². The average molecular weight is 360 g/mol. The Morgan fingerprint density at radius 3 is 2.80 bits per heavy atom. The number of nitrogens with one attached hydrogen (secondary N) is 1. The molecule has 0 radical (unpaired) electrons. The van der Waals surface area contributed by atoms with Gasteiger partial charge in [0.05, 0.1) is 5.69 Å². The molecule has 6 heteroatoms. The molecule has 2 amide bonds. The van der Waals surface area contributed by atoms with E-state index in [0.717, 1.165) is 6.42 Å². The van der Waals surface area contributed by atoms with Crippen molar-refractivity contribution < 1.29 is 9.59 Å². The minimum absolute atomic E-state index is 0.0337. The maximum atomic E-state index is 12.6. The summed E-state index contributed by atoms with van der Waals surface area (Å²) in [6, 6.07) is 4.70. The average Bonchev–Trinajstić information content (AvgIpc) is 2.40. The van der Waals surface area contributed by atoms with Crippen molar-refractivity contribution in [2.24, 2.45) is 5.92 Å². The first-order valence-corrected chi connectivity index (χ1v) is 7.67. The highest BCUT2D eigenvalue weighted by atomic mass is 79.9. The van der Waals surface area contributed by atoms with Gasteiger partial charge in [-0.1, -0.05) is 31.9 Å².